The maximum atomic E-state index is 13.6. The minimum Gasteiger partial charge on any atom is -0.283 e. The number of para-hydroxylation sites is 1. The van der Waals surface area contributed by atoms with E-state index in [2.05, 4.69) is 18.8 Å². The lowest BCUT2D eigenvalue weighted by atomic mass is 10.2. The summed E-state index contributed by atoms with van der Waals surface area (Å²) >= 11 is 3.08. The van der Waals surface area contributed by atoms with Gasteiger partial charge in [-0.05, 0) is 55.0 Å². The summed E-state index contributed by atoms with van der Waals surface area (Å²) in [6, 6.07) is 11.5. The van der Waals surface area contributed by atoms with Gasteiger partial charge in [-0.1, -0.05) is 43.8 Å². The molecule has 32 heavy (non-hydrogen) atoms. The summed E-state index contributed by atoms with van der Waals surface area (Å²) in [5.41, 5.74) is 3.02. The Labute approximate surface area is 195 Å². The van der Waals surface area contributed by atoms with Crippen LogP contribution in [0.3, 0.4) is 0 Å². The molecular weight excluding hydrogens is 440 g/mol. The van der Waals surface area contributed by atoms with Gasteiger partial charge in [-0.25, -0.2) is 14.6 Å². The van der Waals surface area contributed by atoms with E-state index in [9.17, 15) is 9.59 Å². The Bertz CT molecular complexity index is 1280. The maximum absolute atomic E-state index is 13.6. The second-order valence-electron chi connectivity index (χ2n) is 8.15. The fourth-order valence-electron chi connectivity index (χ4n) is 3.50. The number of carbonyl (C=O) groups excluding carboxylic acids is 1. The van der Waals surface area contributed by atoms with E-state index in [0.717, 1.165) is 21.9 Å². The van der Waals surface area contributed by atoms with Gasteiger partial charge in [0, 0.05) is 17.7 Å². The molecule has 0 saturated heterocycles. The fourth-order valence-corrected chi connectivity index (χ4v) is 5.30. The van der Waals surface area contributed by atoms with Crippen LogP contribution in [0.2, 0.25) is 0 Å². The predicted octanol–water partition coefficient (Wildman–Crippen LogP) is 4.99. The monoisotopic (exact) mass is 466 g/mol. The van der Waals surface area contributed by atoms with Crippen LogP contribution in [0.4, 0.5) is 5.69 Å². The molecule has 0 radical (unpaired) electrons. The molecule has 0 aliphatic carbocycles. The Morgan fingerprint density at radius 3 is 2.47 bits per heavy atom. The molecule has 1 aliphatic rings. The largest absolute Gasteiger partial charge is 0.296 e. The lowest BCUT2D eigenvalue weighted by Gasteiger charge is -2.17. The summed E-state index contributed by atoms with van der Waals surface area (Å²) < 4.78 is 3.38. The quantitative estimate of drug-likeness (QED) is 0.498. The first-order chi connectivity index (χ1) is 15.3. The van der Waals surface area contributed by atoms with E-state index < -0.39 is 0 Å². The van der Waals surface area contributed by atoms with Crippen molar-refractivity contribution in [3.63, 3.8) is 0 Å². The number of amides is 1. The van der Waals surface area contributed by atoms with Crippen LogP contribution in [0.1, 0.15) is 30.0 Å². The summed E-state index contributed by atoms with van der Waals surface area (Å²) in [5.74, 6) is 0.951. The zero-order valence-electron chi connectivity index (χ0n) is 18.8. The zero-order valence-corrected chi connectivity index (χ0v) is 20.5. The Kier molecular flexibility index (Phi) is 6.26. The van der Waals surface area contributed by atoms with Crippen molar-refractivity contribution in [3.05, 3.63) is 74.0 Å². The molecule has 0 bridgehead atoms. The van der Waals surface area contributed by atoms with Crippen LogP contribution < -0.4 is 10.5 Å². The number of hydrogen-bond donors (Lipinski definition) is 0. The highest BCUT2D eigenvalue weighted by Crippen LogP contribution is 2.32. The lowest BCUT2D eigenvalue weighted by Crippen LogP contribution is -2.35. The van der Waals surface area contributed by atoms with E-state index in [1.165, 1.54) is 16.7 Å². The number of aromatic nitrogens is 2. The molecule has 1 aromatic carbocycles. The normalized spacial score (nSPS) is 15.3. The van der Waals surface area contributed by atoms with Crippen LogP contribution in [0.5, 0.6) is 0 Å². The molecule has 1 amide bonds. The molecule has 6 nitrogen and oxygen atoms in total. The van der Waals surface area contributed by atoms with Crippen LogP contribution in [0, 0.1) is 19.8 Å². The van der Waals surface area contributed by atoms with Gasteiger partial charge < -0.3 is 0 Å². The van der Waals surface area contributed by atoms with Crippen molar-refractivity contribution >= 4 is 45.9 Å². The third kappa shape index (κ3) is 4.00. The van der Waals surface area contributed by atoms with Gasteiger partial charge >= 0.3 is 0 Å². The second kappa shape index (κ2) is 8.96. The van der Waals surface area contributed by atoms with E-state index in [1.807, 2.05) is 68.7 Å². The van der Waals surface area contributed by atoms with Crippen LogP contribution in [0.15, 0.2) is 57.3 Å². The SMILES string of the molecule is Cc1ccsc1/C=C1\N=C(SCC(C)C)N(c2c(C)n(C)n(-c3ccccc3)c2=O)C1=O. The Hall–Kier alpha value is -2.84. The van der Waals surface area contributed by atoms with Gasteiger partial charge in [-0.15, -0.1) is 11.3 Å². The van der Waals surface area contributed by atoms with Crippen LogP contribution in [-0.2, 0) is 11.8 Å². The number of nitrogens with zero attached hydrogens (tertiary/aromatic N) is 4. The van der Waals surface area contributed by atoms with Gasteiger partial charge in [-0.2, -0.15) is 0 Å². The minimum atomic E-state index is -0.268. The molecule has 0 atom stereocenters. The molecule has 0 N–H and O–H groups in total. The first-order valence-corrected chi connectivity index (χ1v) is 12.3. The second-order valence-corrected chi connectivity index (χ2v) is 10.1. The number of amidine groups is 1. The zero-order chi connectivity index (χ0) is 23.0. The van der Waals surface area contributed by atoms with Crippen molar-refractivity contribution in [2.24, 2.45) is 18.0 Å². The summed E-state index contributed by atoms with van der Waals surface area (Å²) in [7, 11) is 1.83. The van der Waals surface area contributed by atoms with Crippen molar-refractivity contribution in [1.82, 2.24) is 9.36 Å². The van der Waals surface area contributed by atoms with Gasteiger partial charge in [0.1, 0.15) is 11.4 Å². The van der Waals surface area contributed by atoms with Gasteiger partial charge in [0.05, 0.1) is 11.4 Å². The lowest BCUT2D eigenvalue weighted by molar-refractivity contribution is -0.113. The van der Waals surface area contributed by atoms with Crippen molar-refractivity contribution in [2.45, 2.75) is 27.7 Å². The molecular formula is C24H26N4O2S2. The fraction of sp³-hybridized carbons (Fsp3) is 0.292. The van der Waals surface area contributed by atoms with E-state index in [0.29, 0.717) is 28.2 Å². The molecule has 0 unspecified atom stereocenters. The number of aliphatic imine (C=N–C) groups is 1. The first-order valence-electron chi connectivity index (χ1n) is 10.4. The number of thiophene rings is 1. The number of hydrogen-bond acceptors (Lipinski definition) is 5. The summed E-state index contributed by atoms with van der Waals surface area (Å²) in [6.45, 7) is 8.12. The Morgan fingerprint density at radius 2 is 1.84 bits per heavy atom. The third-order valence-electron chi connectivity index (χ3n) is 5.29. The summed E-state index contributed by atoms with van der Waals surface area (Å²) in [5, 5.41) is 2.55. The molecule has 3 aromatic rings. The average Bonchev–Trinajstić information content (AvgIpc) is 3.37. The van der Waals surface area contributed by atoms with Crippen molar-refractivity contribution in [3.8, 4) is 5.69 Å². The standard InChI is InChI=1S/C24H26N4O2S2/c1-15(2)14-32-24-25-19(13-20-16(3)11-12-31-20)22(29)27(24)21-17(4)26(5)28(23(21)30)18-9-7-6-8-10-18/h6-13,15H,14H2,1-5H3/b19-13-. The van der Waals surface area contributed by atoms with E-state index in [4.69, 9.17) is 0 Å². The van der Waals surface area contributed by atoms with Crippen molar-refractivity contribution in [2.75, 3.05) is 10.7 Å². The topological polar surface area (TPSA) is 59.6 Å². The molecule has 2 aromatic heterocycles. The highest BCUT2D eigenvalue weighted by atomic mass is 32.2. The van der Waals surface area contributed by atoms with Gasteiger partial charge in [0.15, 0.2) is 5.17 Å². The van der Waals surface area contributed by atoms with Crippen LogP contribution in [0.25, 0.3) is 11.8 Å². The smallest absolute Gasteiger partial charge is 0.283 e. The van der Waals surface area contributed by atoms with E-state index in [-0.39, 0.29) is 11.5 Å². The van der Waals surface area contributed by atoms with Crippen LogP contribution in [-0.4, -0.2) is 26.2 Å². The molecule has 4 rings (SSSR count). The molecule has 166 valence electrons. The third-order valence-corrected chi connectivity index (χ3v) is 7.62. The number of anilines is 1. The maximum Gasteiger partial charge on any atom is 0.296 e. The average molecular weight is 467 g/mol. The van der Waals surface area contributed by atoms with Crippen LogP contribution >= 0.6 is 23.1 Å². The number of thioether (sulfide) groups is 1. The summed E-state index contributed by atoms with van der Waals surface area (Å²) in [4.78, 5) is 34.3. The van der Waals surface area contributed by atoms with Crippen molar-refractivity contribution in [1.29, 1.82) is 0 Å². The molecule has 8 heteroatoms. The number of carbonyl (C=O) groups is 1. The number of benzene rings is 1. The Morgan fingerprint density at radius 1 is 1.12 bits per heavy atom. The molecule has 1 aliphatic heterocycles. The Balaban J connectivity index is 1.84. The van der Waals surface area contributed by atoms with Crippen molar-refractivity contribution < 1.29 is 4.79 Å². The highest BCUT2D eigenvalue weighted by molar-refractivity contribution is 8.14. The molecule has 3 heterocycles. The number of rotatable bonds is 5. The minimum absolute atomic E-state index is 0.240. The number of aryl methyl sites for hydroxylation is 1. The molecule has 0 spiro atoms. The molecule has 0 fully saturated rings. The van der Waals surface area contributed by atoms with E-state index >= 15 is 0 Å². The molecule has 0 saturated carbocycles. The van der Waals surface area contributed by atoms with Gasteiger partial charge in [-0.3, -0.25) is 14.3 Å². The van der Waals surface area contributed by atoms with E-state index in [1.54, 1.807) is 20.7 Å². The van der Waals surface area contributed by atoms with Gasteiger partial charge in [0.25, 0.3) is 11.5 Å². The predicted molar refractivity (Wildman–Crippen MR) is 135 cm³/mol. The highest BCUT2D eigenvalue weighted by Gasteiger charge is 2.37. The first kappa shape index (κ1) is 22.4. The summed E-state index contributed by atoms with van der Waals surface area (Å²) in [6.07, 6.45) is 1.83. The van der Waals surface area contributed by atoms with Gasteiger partial charge in [0.2, 0.25) is 0 Å².